The predicted octanol–water partition coefficient (Wildman–Crippen LogP) is 2.62. The lowest BCUT2D eigenvalue weighted by Crippen LogP contribution is -2.28. The van der Waals surface area contributed by atoms with Gasteiger partial charge < -0.3 is 20.8 Å². The van der Waals surface area contributed by atoms with E-state index >= 15 is 0 Å². The highest BCUT2D eigenvalue weighted by Gasteiger charge is 2.05. The minimum absolute atomic E-state index is 0.0621. The van der Waals surface area contributed by atoms with Crippen LogP contribution in [0, 0.1) is 0 Å². The van der Waals surface area contributed by atoms with Crippen molar-refractivity contribution in [3.8, 4) is 0 Å². The number of nitrogens with two attached hydrogens (primary N) is 1. The van der Waals surface area contributed by atoms with E-state index in [1.807, 2.05) is 31.2 Å². The van der Waals surface area contributed by atoms with Crippen LogP contribution in [0.5, 0.6) is 0 Å². The van der Waals surface area contributed by atoms with Gasteiger partial charge in [0.15, 0.2) is 0 Å². The molecule has 1 unspecified atom stereocenters. The molecule has 0 aliphatic carbocycles. The van der Waals surface area contributed by atoms with Crippen LogP contribution in [0.3, 0.4) is 0 Å². The van der Waals surface area contributed by atoms with Gasteiger partial charge in [0.25, 0.3) is 0 Å². The molecule has 0 spiro atoms. The highest BCUT2D eigenvalue weighted by molar-refractivity contribution is 5.89. The fraction of sp³-hybridized carbons (Fsp3) is 0.214. The molecule has 0 aliphatic heterocycles. The Hall–Kier alpha value is -2.27. The van der Waals surface area contributed by atoms with Crippen molar-refractivity contribution in [3.05, 3.63) is 54.0 Å². The number of nitrogens with one attached hydrogen (secondary N) is 2. The molecule has 2 rings (SSSR count). The molecular weight excluding hydrogens is 242 g/mol. The summed E-state index contributed by atoms with van der Waals surface area (Å²) < 4.78 is 5.13. The zero-order chi connectivity index (χ0) is 13.7. The van der Waals surface area contributed by atoms with Gasteiger partial charge >= 0.3 is 6.03 Å². The quantitative estimate of drug-likeness (QED) is 0.789. The van der Waals surface area contributed by atoms with E-state index in [1.165, 1.54) is 0 Å². The van der Waals surface area contributed by atoms with E-state index < -0.39 is 0 Å². The summed E-state index contributed by atoms with van der Waals surface area (Å²) in [6.07, 6.45) is 1.57. The molecule has 0 radical (unpaired) electrons. The highest BCUT2D eigenvalue weighted by atomic mass is 16.3. The number of rotatable bonds is 4. The highest BCUT2D eigenvalue weighted by Crippen LogP contribution is 2.15. The van der Waals surface area contributed by atoms with Crippen molar-refractivity contribution in [3.63, 3.8) is 0 Å². The molecule has 1 aromatic heterocycles. The summed E-state index contributed by atoms with van der Waals surface area (Å²) in [4.78, 5) is 11.7. The van der Waals surface area contributed by atoms with Crippen LogP contribution < -0.4 is 16.4 Å². The number of hydrogen-bond donors (Lipinski definition) is 3. The van der Waals surface area contributed by atoms with E-state index in [4.69, 9.17) is 10.2 Å². The molecule has 100 valence electrons. The second-order valence-electron chi connectivity index (χ2n) is 4.30. The van der Waals surface area contributed by atoms with Crippen LogP contribution in [0.1, 0.15) is 24.3 Å². The van der Waals surface area contributed by atoms with Gasteiger partial charge in [0, 0.05) is 11.7 Å². The molecule has 0 saturated carbocycles. The van der Waals surface area contributed by atoms with Gasteiger partial charge in [-0.05, 0) is 36.8 Å². The lowest BCUT2D eigenvalue weighted by molar-refractivity contribution is 0.251. The molecule has 5 heteroatoms. The number of anilines is 1. The van der Waals surface area contributed by atoms with Crippen LogP contribution in [-0.4, -0.2) is 6.03 Å². The first-order valence-electron chi connectivity index (χ1n) is 6.08. The number of carbonyl (C=O) groups is 1. The molecule has 5 nitrogen and oxygen atoms in total. The van der Waals surface area contributed by atoms with Crippen molar-refractivity contribution < 1.29 is 9.21 Å². The van der Waals surface area contributed by atoms with Crippen LogP contribution >= 0.6 is 0 Å². The van der Waals surface area contributed by atoms with Crippen molar-refractivity contribution >= 4 is 11.7 Å². The van der Waals surface area contributed by atoms with E-state index in [0.29, 0.717) is 18.0 Å². The zero-order valence-corrected chi connectivity index (χ0v) is 10.7. The van der Waals surface area contributed by atoms with Crippen LogP contribution in [0.2, 0.25) is 0 Å². The maximum atomic E-state index is 11.7. The van der Waals surface area contributed by atoms with Gasteiger partial charge in [0.2, 0.25) is 0 Å². The minimum Gasteiger partial charge on any atom is -0.467 e. The lowest BCUT2D eigenvalue weighted by Gasteiger charge is -2.10. The maximum absolute atomic E-state index is 11.7. The van der Waals surface area contributed by atoms with Gasteiger partial charge in [-0.1, -0.05) is 12.1 Å². The maximum Gasteiger partial charge on any atom is 0.319 e. The third kappa shape index (κ3) is 3.86. The molecule has 4 N–H and O–H groups in total. The molecule has 1 aromatic carbocycles. The average molecular weight is 259 g/mol. The van der Waals surface area contributed by atoms with Crippen LogP contribution in [0.4, 0.5) is 10.5 Å². The van der Waals surface area contributed by atoms with Gasteiger partial charge in [0.1, 0.15) is 5.76 Å². The number of amides is 2. The first-order chi connectivity index (χ1) is 9.15. The first-order valence-corrected chi connectivity index (χ1v) is 6.08. The van der Waals surface area contributed by atoms with E-state index in [1.54, 1.807) is 18.4 Å². The van der Waals surface area contributed by atoms with E-state index in [0.717, 1.165) is 5.56 Å². The number of benzene rings is 1. The van der Waals surface area contributed by atoms with Gasteiger partial charge in [-0.3, -0.25) is 0 Å². The Morgan fingerprint density at radius 2 is 2.21 bits per heavy atom. The molecule has 0 aliphatic rings. The summed E-state index contributed by atoms with van der Waals surface area (Å²) in [6, 6.07) is 10.7. The molecule has 0 bridgehead atoms. The summed E-state index contributed by atoms with van der Waals surface area (Å²) in [5, 5.41) is 5.46. The van der Waals surface area contributed by atoms with Crippen molar-refractivity contribution in [2.45, 2.75) is 19.5 Å². The van der Waals surface area contributed by atoms with Gasteiger partial charge in [-0.2, -0.15) is 0 Å². The Labute approximate surface area is 111 Å². The molecule has 0 saturated heterocycles. The lowest BCUT2D eigenvalue weighted by atomic mass is 10.1. The van der Waals surface area contributed by atoms with Crippen LogP contribution in [0.25, 0.3) is 0 Å². The van der Waals surface area contributed by atoms with Gasteiger partial charge in [-0.15, -0.1) is 0 Å². The summed E-state index contributed by atoms with van der Waals surface area (Å²) in [5.74, 6) is 0.708. The van der Waals surface area contributed by atoms with Crippen molar-refractivity contribution in [1.29, 1.82) is 0 Å². The van der Waals surface area contributed by atoms with E-state index in [-0.39, 0.29) is 12.1 Å². The minimum atomic E-state index is -0.279. The summed E-state index contributed by atoms with van der Waals surface area (Å²) in [7, 11) is 0. The fourth-order valence-corrected chi connectivity index (χ4v) is 1.66. The molecule has 2 amide bonds. The zero-order valence-electron chi connectivity index (χ0n) is 10.7. The Morgan fingerprint density at radius 1 is 1.37 bits per heavy atom. The topological polar surface area (TPSA) is 80.3 Å². The summed E-state index contributed by atoms with van der Waals surface area (Å²) in [5.41, 5.74) is 7.49. The Morgan fingerprint density at radius 3 is 2.89 bits per heavy atom. The number of furan rings is 1. The number of urea groups is 1. The molecule has 2 aromatic rings. The SMILES string of the molecule is CC(N)c1cccc(NC(=O)NCc2ccco2)c1. The van der Waals surface area contributed by atoms with Crippen LogP contribution in [-0.2, 0) is 6.54 Å². The molecule has 19 heavy (non-hydrogen) atoms. The molecule has 1 atom stereocenters. The fourth-order valence-electron chi connectivity index (χ4n) is 1.66. The van der Waals surface area contributed by atoms with Gasteiger partial charge in [0.05, 0.1) is 12.8 Å². The smallest absolute Gasteiger partial charge is 0.319 e. The third-order valence-corrected chi connectivity index (χ3v) is 2.67. The second-order valence-corrected chi connectivity index (χ2v) is 4.30. The van der Waals surface area contributed by atoms with E-state index in [9.17, 15) is 4.79 Å². The van der Waals surface area contributed by atoms with Crippen molar-refractivity contribution in [1.82, 2.24) is 5.32 Å². The normalized spacial score (nSPS) is 11.9. The monoisotopic (exact) mass is 259 g/mol. The van der Waals surface area contributed by atoms with Gasteiger partial charge in [-0.25, -0.2) is 4.79 Å². The first kappa shape index (κ1) is 13.2. The largest absolute Gasteiger partial charge is 0.467 e. The number of hydrogen-bond acceptors (Lipinski definition) is 3. The third-order valence-electron chi connectivity index (χ3n) is 2.67. The number of carbonyl (C=O) groups excluding carboxylic acids is 1. The van der Waals surface area contributed by atoms with Crippen molar-refractivity contribution in [2.24, 2.45) is 5.73 Å². The second kappa shape index (κ2) is 6.06. The Balaban J connectivity index is 1.89. The average Bonchev–Trinajstić information content (AvgIpc) is 2.90. The van der Waals surface area contributed by atoms with Crippen molar-refractivity contribution in [2.75, 3.05) is 5.32 Å². The summed E-state index contributed by atoms with van der Waals surface area (Å²) >= 11 is 0. The van der Waals surface area contributed by atoms with Crippen LogP contribution in [0.15, 0.2) is 47.1 Å². The standard InChI is InChI=1S/C14H17N3O2/c1-10(15)11-4-2-5-12(8-11)17-14(18)16-9-13-6-3-7-19-13/h2-8,10H,9,15H2,1H3,(H2,16,17,18). The Kier molecular flexibility index (Phi) is 4.20. The van der Waals surface area contributed by atoms with E-state index in [2.05, 4.69) is 10.6 Å². The Bertz CT molecular complexity index is 535. The molecule has 0 fully saturated rings. The summed E-state index contributed by atoms with van der Waals surface area (Å²) in [6.45, 7) is 2.25. The molecular formula is C14H17N3O2. The molecule has 1 heterocycles. The predicted molar refractivity (Wildman–Crippen MR) is 73.6 cm³/mol.